The molecule has 0 amide bonds. The Kier molecular flexibility index (Phi) is 3.96. The van der Waals surface area contributed by atoms with Crippen LogP contribution in [0.15, 0.2) is 18.2 Å². The van der Waals surface area contributed by atoms with E-state index in [0.29, 0.717) is 0 Å². The summed E-state index contributed by atoms with van der Waals surface area (Å²) >= 11 is 0. The highest BCUT2D eigenvalue weighted by molar-refractivity contribution is 5.88. The van der Waals surface area contributed by atoms with Crippen molar-refractivity contribution < 1.29 is 18.9 Å². The third-order valence-corrected chi connectivity index (χ3v) is 5.23. The maximum Gasteiger partial charge on any atom is 0.169 e. The van der Waals surface area contributed by atoms with Crippen LogP contribution >= 0.6 is 0 Å². The molecular weight excluding hydrogens is 318 g/mol. The van der Waals surface area contributed by atoms with Crippen molar-refractivity contribution in [1.82, 2.24) is 5.32 Å². The molecule has 0 fully saturated rings. The van der Waals surface area contributed by atoms with Crippen molar-refractivity contribution in [3.63, 3.8) is 0 Å². The number of ether oxygens (including phenoxy) is 4. The van der Waals surface area contributed by atoms with Crippen LogP contribution in [0.4, 0.5) is 0 Å². The minimum absolute atomic E-state index is 0.282. The third kappa shape index (κ3) is 2.26. The first-order valence-corrected chi connectivity index (χ1v) is 8.48. The predicted octanol–water partition coefficient (Wildman–Crippen LogP) is 3.13. The van der Waals surface area contributed by atoms with E-state index >= 15 is 0 Å². The van der Waals surface area contributed by atoms with E-state index in [1.54, 1.807) is 28.4 Å². The van der Waals surface area contributed by atoms with E-state index in [1.165, 1.54) is 16.7 Å². The van der Waals surface area contributed by atoms with Crippen LogP contribution in [-0.4, -0.2) is 35.0 Å². The lowest BCUT2D eigenvalue weighted by Gasteiger charge is -2.36. The summed E-state index contributed by atoms with van der Waals surface area (Å²) < 4.78 is 22.7. The Bertz CT molecular complexity index is 831. The summed E-state index contributed by atoms with van der Waals surface area (Å²) in [4.78, 5) is 0. The average Bonchev–Trinajstić information content (AvgIpc) is 2.66. The lowest BCUT2D eigenvalue weighted by molar-refractivity contribution is 0.348. The summed E-state index contributed by atoms with van der Waals surface area (Å²) in [5.74, 6) is 2.98. The SMILES string of the molecule is COc1ccc2c(c1OC)-c1c(OC)c(OC)cc3c1[C@H](C2)NCC3. The third-order valence-electron chi connectivity index (χ3n) is 5.23. The van der Waals surface area contributed by atoms with Crippen LogP contribution in [0.1, 0.15) is 22.7 Å². The molecule has 5 nitrogen and oxygen atoms in total. The normalized spacial score (nSPS) is 17.4. The lowest BCUT2D eigenvalue weighted by Crippen LogP contribution is -2.34. The second-order valence-corrected chi connectivity index (χ2v) is 6.36. The number of nitrogens with one attached hydrogen (secondary N) is 1. The summed E-state index contributed by atoms with van der Waals surface area (Å²) in [6, 6.07) is 6.49. The zero-order valence-electron chi connectivity index (χ0n) is 15.1. The fourth-order valence-corrected chi connectivity index (χ4v) is 4.20. The van der Waals surface area contributed by atoms with Crippen molar-refractivity contribution in [2.24, 2.45) is 0 Å². The first kappa shape index (κ1) is 16.1. The predicted molar refractivity (Wildman–Crippen MR) is 96.2 cm³/mol. The molecule has 0 aromatic heterocycles. The molecule has 0 unspecified atom stereocenters. The van der Waals surface area contributed by atoms with Gasteiger partial charge in [-0.25, -0.2) is 0 Å². The number of hydrogen-bond acceptors (Lipinski definition) is 5. The van der Waals surface area contributed by atoms with Crippen molar-refractivity contribution in [2.75, 3.05) is 35.0 Å². The van der Waals surface area contributed by atoms with Gasteiger partial charge >= 0.3 is 0 Å². The average molecular weight is 341 g/mol. The molecule has 2 aromatic carbocycles. The lowest BCUT2D eigenvalue weighted by atomic mass is 9.77. The molecule has 5 heteroatoms. The fraction of sp³-hybridized carbons (Fsp3) is 0.400. The van der Waals surface area contributed by atoms with Gasteiger partial charge < -0.3 is 24.3 Å². The first-order valence-electron chi connectivity index (χ1n) is 8.48. The molecule has 1 N–H and O–H groups in total. The molecule has 0 bridgehead atoms. The molecule has 1 aliphatic carbocycles. The van der Waals surface area contributed by atoms with Crippen LogP contribution in [0.2, 0.25) is 0 Å². The van der Waals surface area contributed by atoms with Crippen molar-refractivity contribution in [2.45, 2.75) is 18.9 Å². The van der Waals surface area contributed by atoms with E-state index in [1.807, 2.05) is 6.07 Å². The zero-order chi connectivity index (χ0) is 17.6. The summed E-state index contributed by atoms with van der Waals surface area (Å²) in [6.45, 7) is 0.967. The van der Waals surface area contributed by atoms with E-state index in [-0.39, 0.29) is 6.04 Å². The van der Waals surface area contributed by atoms with Gasteiger partial charge in [-0.05, 0) is 48.2 Å². The van der Waals surface area contributed by atoms with Gasteiger partial charge in [0.15, 0.2) is 23.0 Å². The van der Waals surface area contributed by atoms with Crippen molar-refractivity contribution in [3.05, 3.63) is 34.9 Å². The first-order chi connectivity index (χ1) is 12.2. The second kappa shape index (κ2) is 6.15. The molecule has 1 atom stereocenters. The molecule has 0 spiro atoms. The maximum absolute atomic E-state index is 5.79. The molecule has 0 saturated carbocycles. The minimum atomic E-state index is 0.282. The van der Waals surface area contributed by atoms with E-state index in [9.17, 15) is 0 Å². The quantitative estimate of drug-likeness (QED) is 0.926. The van der Waals surface area contributed by atoms with E-state index in [0.717, 1.165) is 53.5 Å². The standard InChI is InChI=1S/C20H23NO4/c1-22-14-6-5-11-9-13-16-12(7-8-21-13)10-15(23-2)20(25-4)18(16)17(11)19(14)24-3/h5-6,10,13,21H,7-9H2,1-4H3/t13-/m0/s1. The van der Waals surface area contributed by atoms with Gasteiger partial charge in [-0.1, -0.05) is 6.07 Å². The molecular formula is C20H23NO4. The molecule has 1 aliphatic heterocycles. The summed E-state index contributed by atoms with van der Waals surface area (Å²) in [5, 5.41) is 3.64. The molecule has 2 aromatic rings. The van der Waals surface area contributed by atoms with Crippen molar-refractivity contribution >= 4 is 0 Å². The van der Waals surface area contributed by atoms with Gasteiger partial charge in [-0.2, -0.15) is 0 Å². The Morgan fingerprint density at radius 3 is 2.24 bits per heavy atom. The van der Waals surface area contributed by atoms with Gasteiger partial charge in [0.1, 0.15) is 0 Å². The largest absolute Gasteiger partial charge is 0.493 e. The number of fused-ring (bicyclic) bond motifs is 2. The number of hydrogen-bond donors (Lipinski definition) is 1. The molecule has 132 valence electrons. The summed E-state index contributed by atoms with van der Waals surface area (Å²) in [7, 11) is 6.71. The molecule has 0 saturated heterocycles. The summed E-state index contributed by atoms with van der Waals surface area (Å²) in [5.41, 5.74) is 5.94. The highest BCUT2D eigenvalue weighted by Gasteiger charge is 2.36. The van der Waals surface area contributed by atoms with E-state index in [4.69, 9.17) is 18.9 Å². The van der Waals surface area contributed by atoms with Gasteiger partial charge in [0, 0.05) is 17.2 Å². The smallest absolute Gasteiger partial charge is 0.169 e. The maximum atomic E-state index is 5.79. The molecule has 4 rings (SSSR count). The topological polar surface area (TPSA) is 49.0 Å². The minimum Gasteiger partial charge on any atom is -0.493 e. The van der Waals surface area contributed by atoms with E-state index in [2.05, 4.69) is 17.4 Å². The van der Waals surface area contributed by atoms with Gasteiger partial charge in [-0.15, -0.1) is 0 Å². The van der Waals surface area contributed by atoms with Crippen molar-refractivity contribution in [3.8, 4) is 34.1 Å². The van der Waals surface area contributed by atoms with Crippen LogP contribution in [0.3, 0.4) is 0 Å². The fourth-order valence-electron chi connectivity index (χ4n) is 4.20. The summed E-state index contributed by atoms with van der Waals surface area (Å²) in [6.07, 6.45) is 1.89. The number of methoxy groups -OCH3 is 4. The highest BCUT2D eigenvalue weighted by Crippen LogP contribution is 2.55. The Morgan fingerprint density at radius 2 is 1.56 bits per heavy atom. The monoisotopic (exact) mass is 341 g/mol. The van der Waals surface area contributed by atoms with Crippen LogP contribution in [0.5, 0.6) is 23.0 Å². The van der Waals surface area contributed by atoms with Crippen LogP contribution < -0.4 is 24.3 Å². The Hall–Kier alpha value is -2.40. The van der Waals surface area contributed by atoms with Crippen LogP contribution in [0, 0.1) is 0 Å². The molecule has 0 radical (unpaired) electrons. The Labute approximate surface area is 147 Å². The second-order valence-electron chi connectivity index (χ2n) is 6.36. The van der Waals surface area contributed by atoms with Gasteiger partial charge in [-0.3, -0.25) is 0 Å². The molecule has 1 heterocycles. The van der Waals surface area contributed by atoms with Gasteiger partial charge in [0.25, 0.3) is 0 Å². The molecule has 25 heavy (non-hydrogen) atoms. The zero-order valence-corrected chi connectivity index (χ0v) is 15.1. The Morgan fingerprint density at radius 1 is 0.840 bits per heavy atom. The van der Waals surface area contributed by atoms with Gasteiger partial charge in [0.05, 0.1) is 28.4 Å². The van der Waals surface area contributed by atoms with E-state index < -0.39 is 0 Å². The highest BCUT2D eigenvalue weighted by atomic mass is 16.5. The van der Waals surface area contributed by atoms with Crippen molar-refractivity contribution in [1.29, 1.82) is 0 Å². The van der Waals surface area contributed by atoms with Gasteiger partial charge in [0.2, 0.25) is 0 Å². The Balaban J connectivity index is 2.11. The molecule has 2 aliphatic rings. The van der Waals surface area contributed by atoms with Crippen LogP contribution in [0.25, 0.3) is 11.1 Å². The van der Waals surface area contributed by atoms with Crippen LogP contribution in [-0.2, 0) is 12.8 Å². The number of rotatable bonds is 4. The number of benzene rings is 2.